The lowest BCUT2D eigenvalue weighted by atomic mass is 9.49. The Balaban J connectivity index is 1.69. The van der Waals surface area contributed by atoms with Crippen LogP contribution in [-0.2, 0) is 0 Å². The molecule has 0 saturated heterocycles. The molecule has 2 aliphatic carbocycles. The van der Waals surface area contributed by atoms with Gasteiger partial charge in [-0.2, -0.15) is 0 Å². The molecule has 4 nitrogen and oxygen atoms in total. The number of rotatable bonds is 6. The Labute approximate surface area is 222 Å². The van der Waals surface area contributed by atoms with Crippen molar-refractivity contribution in [2.24, 2.45) is 23.2 Å². The van der Waals surface area contributed by atoms with Gasteiger partial charge < -0.3 is 18.9 Å². The molecule has 5 rings (SSSR count). The van der Waals surface area contributed by atoms with Crippen LogP contribution in [0.1, 0.15) is 63.0 Å². The fraction of sp³-hybridized carbons (Fsp3) is 0.455. The lowest BCUT2D eigenvalue weighted by molar-refractivity contribution is 0.0122. The monoisotopic (exact) mass is 500 g/mol. The third-order valence-corrected chi connectivity index (χ3v) is 9.38. The van der Waals surface area contributed by atoms with Crippen LogP contribution >= 0.6 is 0 Å². The van der Waals surface area contributed by atoms with Crippen molar-refractivity contribution in [2.45, 2.75) is 51.9 Å². The summed E-state index contributed by atoms with van der Waals surface area (Å²) in [4.78, 5) is 0. The summed E-state index contributed by atoms with van der Waals surface area (Å²) in [6.07, 6.45) is 7.96. The molecule has 2 fully saturated rings. The van der Waals surface area contributed by atoms with E-state index >= 15 is 0 Å². The van der Waals surface area contributed by atoms with Gasteiger partial charge in [0.1, 0.15) is 11.5 Å². The van der Waals surface area contributed by atoms with E-state index in [9.17, 15) is 0 Å². The molecule has 5 atom stereocenters. The Morgan fingerprint density at radius 2 is 1.76 bits per heavy atom. The molecular weight excluding hydrogens is 460 g/mol. The summed E-state index contributed by atoms with van der Waals surface area (Å²) in [6.45, 7) is 13.6. The van der Waals surface area contributed by atoms with Crippen molar-refractivity contribution in [3.63, 3.8) is 0 Å². The Bertz CT molecular complexity index is 1230. The highest BCUT2D eigenvalue weighted by molar-refractivity contribution is 5.73. The van der Waals surface area contributed by atoms with Crippen LogP contribution in [0.2, 0.25) is 0 Å². The van der Waals surface area contributed by atoms with Gasteiger partial charge in [-0.05, 0) is 68.3 Å². The summed E-state index contributed by atoms with van der Waals surface area (Å²) in [5, 5.41) is 0. The zero-order valence-electron chi connectivity index (χ0n) is 22.9. The summed E-state index contributed by atoms with van der Waals surface area (Å²) in [5.74, 6) is 5.11. The minimum absolute atomic E-state index is 0.107. The third-order valence-electron chi connectivity index (χ3n) is 9.38. The summed E-state index contributed by atoms with van der Waals surface area (Å²) < 4.78 is 24.2. The number of methoxy groups -OCH3 is 3. The van der Waals surface area contributed by atoms with E-state index in [0.717, 1.165) is 48.3 Å². The topological polar surface area (TPSA) is 36.9 Å². The number of ether oxygens (including phenoxy) is 4. The molecule has 0 spiro atoms. The maximum absolute atomic E-state index is 6.63. The molecule has 2 aromatic rings. The van der Waals surface area contributed by atoms with Crippen LogP contribution in [0.4, 0.5) is 0 Å². The van der Waals surface area contributed by atoms with E-state index in [1.54, 1.807) is 21.3 Å². The highest BCUT2D eigenvalue weighted by Gasteiger charge is 2.52. The van der Waals surface area contributed by atoms with Gasteiger partial charge >= 0.3 is 0 Å². The van der Waals surface area contributed by atoms with E-state index in [1.807, 2.05) is 24.3 Å². The van der Waals surface area contributed by atoms with Crippen molar-refractivity contribution in [3.8, 4) is 23.0 Å². The van der Waals surface area contributed by atoms with E-state index < -0.39 is 0 Å². The Morgan fingerprint density at radius 3 is 2.41 bits per heavy atom. The largest absolute Gasteiger partial charge is 0.496 e. The van der Waals surface area contributed by atoms with E-state index in [4.69, 9.17) is 18.9 Å². The highest BCUT2D eigenvalue weighted by atomic mass is 16.5. The second-order valence-corrected chi connectivity index (χ2v) is 11.3. The average Bonchev–Trinajstić information content (AvgIpc) is 2.91. The van der Waals surface area contributed by atoms with Crippen molar-refractivity contribution < 1.29 is 18.9 Å². The fourth-order valence-electron chi connectivity index (χ4n) is 7.29. The first-order valence-corrected chi connectivity index (χ1v) is 13.4. The Kier molecular flexibility index (Phi) is 6.87. The van der Waals surface area contributed by atoms with Gasteiger partial charge in [-0.15, -0.1) is 0 Å². The van der Waals surface area contributed by atoms with Crippen LogP contribution in [0.15, 0.2) is 66.8 Å². The van der Waals surface area contributed by atoms with Crippen LogP contribution in [0, 0.1) is 23.2 Å². The maximum Gasteiger partial charge on any atom is 0.204 e. The van der Waals surface area contributed by atoms with Crippen molar-refractivity contribution in [1.82, 2.24) is 0 Å². The van der Waals surface area contributed by atoms with E-state index in [-0.39, 0.29) is 11.3 Å². The molecule has 0 N–H and O–H groups in total. The van der Waals surface area contributed by atoms with E-state index in [2.05, 4.69) is 45.2 Å². The minimum atomic E-state index is 0.107. The predicted octanol–water partition coefficient (Wildman–Crippen LogP) is 8.19. The molecule has 5 unspecified atom stereocenters. The second-order valence-electron chi connectivity index (χ2n) is 11.3. The summed E-state index contributed by atoms with van der Waals surface area (Å²) in [7, 11) is 5.04. The smallest absolute Gasteiger partial charge is 0.204 e. The zero-order valence-corrected chi connectivity index (χ0v) is 22.9. The average molecular weight is 501 g/mol. The molecule has 1 heterocycles. The van der Waals surface area contributed by atoms with Gasteiger partial charge in [0.05, 0.1) is 21.3 Å². The zero-order chi connectivity index (χ0) is 26.3. The highest BCUT2D eigenvalue weighted by Crippen LogP contribution is 2.64. The molecule has 2 aromatic carbocycles. The van der Waals surface area contributed by atoms with Gasteiger partial charge in [-0.3, -0.25) is 0 Å². The molecule has 3 aliphatic rings. The van der Waals surface area contributed by atoms with Gasteiger partial charge in [0.25, 0.3) is 0 Å². The summed E-state index contributed by atoms with van der Waals surface area (Å²) in [5.41, 5.74) is 4.94. The molecule has 37 heavy (non-hydrogen) atoms. The summed E-state index contributed by atoms with van der Waals surface area (Å²) in [6, 6.07) is 12.3. The van der Waals surface area contributed by atoms with Crippen LogP contribution in [0.3, 0.4) is 0 Å². The van der Waals surface area contributed by atoms with Crippen molar-refractivity contribution in [3.05, 3.63) is 77.9 Å². The lowest BCUT2D eigenvalue weighted by Crippen LogP contribution is -2.46. The van der Waals surface area contributed by atoms with E-state index in [1.165, 1.54) is 17.6 Å². The standard InChI is InChI=1S/C33H40O4/c1-20(2)23-15-16-33(4)25(14-13-21(3)26(33)17-23)24-18-27(22-11-9-8-10-12-22)37-32-30(24)28(34-5)19-29(35-6)31(32)36-7/h8-12,18-19,23-26H,1,3,13-17H2,2,4-7H3. The second kappa shape index (κ2) is 9.96. The first-order chi connectivity index (χ1) is 17.8. The Morgan fingerprint density at radius 1 is 1.03 bits per heavy atom. The third kappa shape index (κ3) is 4.24. The van der Waals surface area contributed by atoms with Crippen molar-refractivity contribution in [2.75, 3.05) is 21.3 Å². The van der Waals surface area contributed by atoms with Crippen LogP contribution in [0.5, 0.6) is 23.0 Å². The number of benzene rings is 2. The Hall–Kier alpha value is -3.14. The van der Waals surface area contributed by atoms with Crippen LogP contribution in [-0.4, -0.2) is 21.3 Å². The minimum Gasteiger partial charge on any atom is -0.496 e. The van der Waals surface area contributed by atoms with Gasteiger partial charge in [-0.25, -0.2) is 0 Å². The SMILES string of the molecule is C=C(C)C1CCC2(C)C(C1)C(=C)CCC2C1C=C(c2ccccc2)Oc2c(OC)c(OC)cc(OC)c21. The molecule has 1 aliphatic heterocycles. The lowest BCUT2D eigenvalue weighted by Gasteiger charge is -2.55. The molecule has 0 aromatic heterocycles. The normalized spacial score (nSPS) is 28.8. The molecule has 196 valence electrons. The number of fused-ring (bicyclic) bond motifs is 2. The fourth-order valence-corrected chi connectivity index (χ4v) is 7.29. The number of hydrogen-bond donors (Lipinski definition) is 0. The number of hydrogen-bond acceptors (Lipinski definition) is 4. The van der Waals surface area contributed by atoms with E-state index in [0.29, 0.717) is 35.0 Å². The maximum atomic E-state index is 6.63. The molecule has 0 amide bonds. The van der Waals surface area contributed by atoms with Gasteiger partial charge in [0.15, 0.2) is 11.5 Å². The molecule has 0 bridgehead atoms. The predicted molar refractivity (Wildman–Crippen MR) is 150 cm³/mol. The molecular formula is C33H40O4. The van der Waals surface area contributed by atoms with Gasteiger partial charge in [0.2, 0.25) is 5.75 Å². The van der Waals surface area contributed by atoms with Gasteiger partial charge in [-0.1, -0.05) is 61.6 Å². The first-order valence-electron chi connectivity index (χ1n) is 13.4. The van der Waals surface area contributed by atoms with Crippen molar-refractivity contribution in [1.29, 1.82) is 0 Å². The van der Waals surface area contributed by atoms with Crippen LogP contribution in [0.25, 0.3) is 5.76 Å². The first kappa shape index (κ1) is 25.5. The number of allylic oxidation sites excluding steroid dienone is 3. The molecule has 2 saturated carbocycles. The summed E-state index contributed by atoms with van der Waals surface area (Å²) >= 11 is 0. The van der Waals surface area contributed by atoms with Crippen LogP contribution < -0.4 is 18.9 Å². The van der Waals surface area contributed by atoms with Crippen molar-refractivity contribution >= 4 is 5.76 Å². The molecule has 4 heteroatoms. The quantitative estimate of drug-likeness (QED) is 0.375. The van der Waals surface area contributed by atoms with Gasteiger partial charge in [0, 0.05) is 23.1 Å². The molecule has 0 radical (unpaired) electrons.